The van der Waals surface area contributed by atoms with E-state index in [1.807, 2.05) is 6.07 Å². The van der Waals surface area contributed by atoms with E-state index in [0.717, 1.165) is 10.4 Å². The molecule has 0 saturated heterocycles. The van der Waals surface area contributed by atoms with Crippen molar-refractivity contribution in [3.8, 4) is 0 Å². The predicted octanol–water partition coefficient (Wildman–Crippen LogP) is 2.34. The summed E-state index contributed by atoms with van der Waals surface area (Å²) in [5, 5.41) is 0. The number of nitrogens with two attached hydrogens (primary N) is 1. The largest absolute Gasteiger partial charge is 0.453 e. The number of halogens is 1. The average Bonchev–Trinajstić information content (AvgIpc) is 2.74. The Kier molecular flexibility index (Phi) is 1.81. The van der Waals surface area contributed by atoms with Crippen LogP contribution in [0.3, 0.4) is 0 Å². The van der Waals surface area contributed by atoms with E-state index in [9.17, 15) is 0 Å². The lowest BCUT2D eigenvalue weighted by atomic mass is 10.0. The summed E-state index contributed by atoms with van der Waals surface area (Å²) in [7, 11) is 0. The van der Waals surface area contributed by atoms with Gasteiger partial charge in [-0.05, 0) is 47.3 Å². The highest BCUT2D eigenvalue weighted by atomic mass is 79.9. The molecule has 1 fully saturated rings. The molecule has 2 rings (SSSR count). The molecule has 3 heteroatoms. The molecular weight excluding hydrogens is 218 g/mol. The van der Waals surface area contributed by atoms with Crippen LogP contribution in [0.15, 0.2) is 15.2 Å². The van der Waals surface area contributed by atoms with Crippen LogP contribution in [0, 0.1) is 6.92 Å². The van der Waals surface area contributed by atoms with Crippen molar-refractivity contribution < 1.29 is 4.42 Å². The minimum absolute atomic E-state index is 0.177. The predicted molar refractivity (Wildman–Crippen MR) is 51.1 cm³/mol. The summed E-state index contributed by atoms with van der Waals surface area (Å²) in [6, 6.07) is 2.01. The molecule has 0 spiro atoms. The summed E-state index contributed by atoms with van der Waals surface area (Å²) in [5.41, 5.74) is 7.09. The second-order valence-corrected chi connectivity index (χ2v) is 4.33. The summed E-state index contributed by atoms with van der Waals surface area (Å²) in [4.78, 5) is 0. The molecule has 0 amide bonds. The molecule has 0 aromatic carbocycles. The standard InChI is InChI=1S/C9H12BrNO/c1-6-4-7(10)12-8(6)9(5-11)2-3-9/h4H,2-3,5,11H2,1H3. The highest BCUT2D eigenvalue weighted by Crippen LogP contribution is 2.49. The Morgan fingerprint density at radius 3 is 2.67 bits per heavy atom. The molecule has 2 nitrogen and oxygen atoms in total. The Bertz CT molecular complexity index is 301. The van der Waals surface area contributed by atoms with Crippen LogP contribution in [0.4, 0.5) is 0 Å². The minimum Gasteiger partial charge on any atom is -0.453 e. The van der Waals surface area contributed by atoms with E-state index in [2.05, 4.69) is 22.9 Å². The van der Waals surface area contributed by atoms with Crippen molar-refractivity contribution in [2.24, 2.45) is 5.73 Å². The number of rotatable bonds is 2. The lowest BCUT2D eigenvalue weighted by Crippen LogP contribution is -2.19. The SMILES string of the molecule is Cc1cc(Br)oc1C1(CN)CC1. The molecule has 1 aliphatic rings. The van der Waals surface area contributed by atoms with Crippen LogP contribution in [0.25, 0.3) is 0 Å². The van der Waals surface area contributed by atoms with E-state index < -0.39 is 0 Å². The average molecular weight is 230 g/mol. The van der Waals surface area contributed by atoms with Crippen LogP contribution >= 0.6 is 15.9 Å². The van der Waals surface area contributed by atoms with Crippen molar-refractivity contribution in [3.05, 3.63) is 22.1 Å². The molecule has 0 atom stereocenters. The van der Waals surface area contributed by atoms with E-state index in [-0.39, 0.29) is 5.41 Å². The van der Waals surface area contributed by atoms with Crippen LogP contribution < -0.4 is 5.73 Å². The summed E-state index contributed by atoms with van der Waals surface area (Å²) in [6.07, 6.45) is 2.34. The number of hydrogen-bond donors (Lipinski definition) is 1. The third-order valence-corrected chi connectivity index (χ3v) is 3.00. The van der Waals surface area contributed by atoms with Gasteiger partial charge < -0.3 is 10.2 Å². The number of furan rings is 1. The maximum Gasteiger partial charge on any atom is 0.169 e. The molecule has 0 aliphatic heterocycles. The minimum atomic E-state index is 0.177. The molecule has 0 bridgehead atoms. The molecule has 1 aromatic rings. The zero-order chi connectivity index (χ0) is 8.77. The lowest BCUT2D eigenvalue weighted by Gasteiger charge is -2.09. The van der Waals surface area contributed by atoms with Crippen molar-refractivity contribution in [1.82, 2.24) is 0 Å². The van der Waals surface area contributed by atoms with E-state index >= 15 is 0 Å². The van der Waals surface area contributed by atoms with Crippen LogP contribution in [-0.2, 0) is 5.41 Å². The van der Waals surface area contributed by atoms with Gasteiger partial charge in [0.25, 0.3) is 0 Å². The van der Waals surface area contributed by atoms with Gasteiger partial charge in [-0.25, -0.2) is 0 Å². The highest BCUT2D eigenvalue weighted by molar-refractivity contribution is 9.10. The normalized spacial score (nSPS) is 19.6. The smallest absolute Gasteiger partial charge is 0.169 e. The molecule has 1 aliphatic carbocycles. The Hall–Kier alpha value is -0.280. The van der Waals surface area contributed by atoms with Crippen LogP contribution in [0.5, 0.6) is 0 Å². The van der Waals surface area contributed by atoms with E-state index in [0.29, 0.717) is 6.54 Å². The second-order valence-electron chi connectivity index (χ2n) is 3.55. The van der Waals surface area contributed by atoms with Crippen LogP contribution in [-0.4, -0.2) is 6.54 Å². The zero-order valence-electron chi connectivity index (χ0n) is 7.06. The van der Waals surface area contributed by atoms with Gasteiger partial charge in [0, 0.05) is 12.0 Å². The molecular formula is C9H12BrNO. The maximum absolute atomic E-state index is 5.70. The molecule has 0 radical (unpaired) electrons. The zero-order valence-corrected chi connectivity index (χ0v) is 8.65. The molecule has 0 unspecified atom stereocenters. The first-order valence-corrected chi connectivity index (χ1v) is 4.94. The lowest BCUT2D eigenvalue weighted by molar-refractivity contribution is 0.435. The van der Waals surface area contributed by atoms with Gasteiger partial charge in [-0.1, -0.05) is 0 Å². The fourth-order valence-corrected chi connectivity index (χ4v) is 2.15. The first-order valence-electron chi connectivity index (χ1n) is 4.14. The number of aryl methyl sites for hydroxylation is 1. The Labute approximate surface area is 80.3 Å². The van der Waals surface area contributed by atoms with Crippen molar-refractivity contribution in [2.75, 3.05) is 6.54 Å². The number of hydrogen-bond acceptors (Lipinski definition) is 2. The van der Waals surface area contributed by atoms with Gasteiger partial charge in [0.2, 0.25) is 0 Å². The summed E-state index contributed by atoms with van der Waals surface area (Å²) >= 11 is 3.32. The Morgan fingerprint density at radius 2 is 2.33 bits per heavy atom. The summed E-state index contributed by atoms with van der Waals surface area (Å²) in [5.74, 6) is 1.08. The molecule has 2 N–H and O–H groups in total. The van der Waals surface area contributed by atoms with Crippen LogP contribution in [0.2, 0.25) is 0 Å². The monoisotopic (exact) mass is 229 g/mol. The topological polar surface area (TPSA) is 39.2 Å². The first kappa shape index (κ1) is 8.32. The Morgan fingerprint density at radius 1 is 1.67 bits per heavy atom. The van der Waals surface area contributed by atoms with Crippen molar-refractivity contribution in [2.45, 2.75) is 25.2 Å². The molecule has 1 heterocycles. The fourth-order valence-electron chi connectivity index (χ4n) is 1.64. The molecule has 66 valence electrons. The second kappa shape index (κ2) is 2.60. The van der Waals surface area contributed by atoms with Crippen molar-refractivity contribution >= 4 is 15.9 Å². The summed E-state index contributed by atoms with van der Waals surface area (Å²) < 4.78 is 6.38. The maximum atomic E-state index is 5.70. The van der Waals surface area contributed by atoms with Gasteiger partial charge in [-0.2, -0.15) is 0 Å². The Balaban J connectivity index is 2.39. The van der Waals surface area contributed by atoms with Gasteiger partial charge in [0.1, 0.15) is 5.76 Å². The van der Waals surface area contributed by atoms with Gasteiger partial charge in [0.15, 0.2) is 4.67 Å². The first-order chi connectivity index (χ1) is 5.68. The molecule has 12 heavy (non-hydrogen) atoms. The fraction of sp³-hybridized carbons (Fsp3) is 0.556. The third kappa shape index (κ3) is 1.12. The van der Waals surface area contributed by atoms with Gasteiger partial charge >= 0.3 is 0 Å². The molecule has 1 saturated carbocycles. The summed E-state index contributed by atoms with van der Waals surface area (Å²) in [6.45, 7) is 2.77. The van der Waals surface area contributed by atoms with E-state index in [4.69, 9.17) is 10.2 Å². The van der Waals surface area contributed by atoms with Gasteiger partial charge in [0.05, 0.1) is 0 Å². The van der Waals surface area contributed by atoms with Gasteiger partial charge in [-0.3, -0.25) is 0 Å². The van der Waals surface area contributed by atoms with E-state index in [1.54, 1.807) is 0 Å². The quantitative estimate of drug-likeness (QED) is 0.846. The van der Waals surface area contributed by atoms with Crippen LogP contribution in [0.1, 0.15) is 24.2 Å². The van der Waals surface area contributed by atoms with Crippen molar-refractivity contribution in [1.29, 1.82) is 0 Å². The third-order valence-electron chi connectivity index (χ3n) is 2.61. The van der Waals surface area contributed by atoms with Crippen molar-refractivity contribution in [3.63, 3.8) is 0 Å². The van der Waals surface area contributed by atoms with E-state index in [1.165, 1.54) is 18.4 Å². The highest BCUT2D eigenvalue weighted by Gasteiger charge is 2.46. The molecule has 1 aromatic heterocycles. The van der Waals surface area contributed by atoms with Gasteiger partial charge in [-0.15, -0.1) is 0 Å².